The van der Waals surface area contributed by atoms with Crippen LogP contribution in [0.1, 0.15) is 15.2 Å². The van der Waals surface area contributed by atoms with Gasteiger partial charge in [-0.15, -0.1) is 16.4 Å². The molecule has 7 nitrogen and oxygen atoms in total. The summed E-state index contributed by atoms with van der Waals surface area (Å²) in [5, 5.41) is 14.7. The van der Waals surface area contributed by atoms with Gasteiger partial charge in [0.2, 0.25) is 0 Å². The first-order valence-corrected chi connectivity index (χ1v) is 9.23. The van der Waals surface area contributed by atoms with E-state index in [1.54, 1.807) is 42.1 Å². The van der Waals surface area contributed by atoms with E-state index in [1.807, 2.05) is 6.07 Å². The molecule has 9 heteroatoms. The predicted molar refractivity (Wildman–Crippen MR) is 105 cm³/mol. The van der Waals surface area contributed by atoms with Gasteiger partial charge in [0.25, 0.3) is 5.91 Å². The van der Waals surface area contributed by atoms with E-state index in [4.69, 9.17) is 4.74 Å². The van der Waals surface area contributed by atoms with Gasteiger partial charge in [-0.3, -0.25) is 4.79 Å². The van der Waals surface area contributed by atoms with Crippen molar-refractivity contribution in [3.05, 3.63) is 58.7 Å². The van der Waals surface area contributed by atoms with E-state index in [0.717, 1.165) is 5.56 Å². The lowest BCUT2D eigenvalue weighted by atomic mass is 10.1. The molecule has 142 valence electrons. The van der Waals surface area contributed by atoms with E-state index in [1.165, 1.54) is 24.5 Å². The van der Waals surface area contributed by atoms with Crippen molar-refractivity contribution in [3.8, 4) is 11.4 Å². The lowest BCUT2D eigenvalue weighted by molar-refractivity contribution is 0.102. The molecule has 0 atom stereocenters. The molecule has 28 heavy (non-hydrogen) atoms. The van der Waals surface area contributed by atoms with Gasteiger partial charge in [-0.05, 0) is 34.7 Å². The van der Waals surface area contributed by atoms with E-state index < -0.39 is 0 Å². The van der Waals surface area contributed by atoms with Crippen LogP contribution in [0.5, 0.6) is 0 Å². The summed E-state index contributed by atoms with van der Waals surface area (Å²) in [7, 11) is 3.26. The quantitative estimate of drug-likeness (QED) is 0.556. The number of nitrogens with one attached hydrogen (secondary N) is 1. The summed E-state index contributed by atoms with van der Waals surface area (Å²) in [6.07, 6.45) is 0. The molecule has 0 unspecified atom stereocenters. The Morgan fingerprint density at radius 1 is 1.29 bits per heavy atom. The maximum absolute atomic E-state index is 14.3. The highest BCUT2D eigenvalue weighted by molar-refractivity contribution is 7.21. The van der Waals surface area contributed by atoms with Crippen LogP contribution in [0.3, 0.4) is 0 Å². The number of fused-ring (bicyclic) bond motifs is 1. The van der Waals surface area contributed by atoms with Crippen LogP contribution in [0.4, 0.5) is 10.1 Å². The number of methoxy groups -OCH3 is 1. The number of amides is 1. The van der Waals surface area contributed by atoms with E-state index in [0.29, 0.717) is 32.0 Å². The van der Waals surface area contributed by atoms with E-state index in [2.05, 4.69) is 20.8 Å². The van der Waals surface area contributed by atoms with Gasteiger partial charge < -0.3 is 10.1 Å². The zero-order valence-electron chi connectivity index (χ0n) is 15.1. The summed E-state index contributed by atoms with van der Waals surface area (Å²) in [5.74, 6) is -0.0994. The second-order valence-electron chi connectivity index (χ2n) is 6.12. The second-order valence-corrected chi connectivity index (χ2v) is 7.17. The number of thiophene rings is 1. The lowest BCUT2D eigenvalue weighted by Gasteiger charge is -2.08. The zero-order chi connectivity index (χ0) is 19.7. The first kappa shape index (κ1) is 18.2. The van der Waals surface area contributed by atoms with Crippen molar-refractivity contribution in [2.45, 2.75) is 6.61 Å². The Labute approximate surface area is 163 Å². The molecule has 1 amide bonds. The number of halogens is 1. The Hall–Kier alpha value is -3.17. The number of ether oxygens (including phenoxy) is 1. The molecule has 2 aromatic carbocycles. The number of hydrogen-bond donors (Lipinski definition) is 1. The number of nitrogens with zero attached hydrogens (tertiary/aromatic N) is 4. The molecule has 0 radical (unpaired) electrons. The smallest absolute Gasteiger partial charge is 0.266 e. The molecule has 0 spiro atoms. The molecule has 4 aromatic rings. The van der Waals surface area contributed by atoms with Crippen LogP contribution in [0.2, 0.25) is 0 Å². The van der Waals surface area contributed by atoms with Gasteiger partial charge in [0, 0.05) is 41.1 Å². The van der Waals surface area contributed by atoms with Gasteiger partial charge in [0.05, 0.1) is 11.5 Å². The minimum Gasteiger partial charge on any atom is -0.380 e. The average Bonchev–Trinajstić information content (AvgIpc) is 3.27. The maximum Gasteiger partial charge on any atom is 0.266 e. The Balaban J connectivity index is 1.69. The molecule has 0 fully saturated rings. The first-order valence-electron chi connectivity index (χ1n) is 8.41. The van der Waals surface area contributed by atoms with Gasteiger partial charge in [-0.25, -0.2) is 9.07 Å². The van der Waals surface area contributed by atoms with Crippen molar-refractivity contribution in [1.29, 1.82) is 0 Å². The summed E-state index contributed by atoms with van der Waals surface area (Å²) in [6.45, 7) is 0.147. The van der Waals surface area contributed by atoms with E-state index >= 15 is 0 Å². The van der Waals surface area contributed by atoms with Crippen LogP contribution < -0.4 is 5.32 Å². The van der Waals surface area contributed by atoms with Crippen LogP contribution in [0, 0.1) is 5.82 Å². The Bertz CT molecular complexity index is 1170. The highest BCUT2D eigenvalue weighted by atomic mass is 32.1. The summed E-state index contributed by atoms with van der Waals surface area (Å²) < 4.78 is 21.8. The van der Waals surface area contributed by atoms with Crippen molar-refractivity contribution in [2.75, 3.05) is 12.4 Å². The number of carbonyl (C=O) groups excluding carboxylic acids is 1. The fourth-order valence-electron chi connectivity index (χ4n) is 3.03. The highest BCUT2D eigenvalue weighted by Gasteiger charge is 2.21. The Morgan fingerprint density at radius 3 is 2.86 bits per heavy atom. The van der Waals surface area contributed by atoms with Gasteiger partial charge in [-0.2, -0.15) is 0 Å². The number of carbonyl (C=O) groups is 1. The molecule has 0 saturated carbocycles. The molecule has 0 aliphatic carbocycles. The van der Waals surface area contributed by atoms with Crippen molar-refractivity contribution >= 4 is 33.0 Å². The van der Waals surface area contributed by atoms with Crippen LogP contribution >= 0.6 is 11.3 Å². The summed E-state index contributed by atoms with van der Waals surface area (Å²) in [5.41, 5.74) is 1.91. The topological polar surface area (TPSA) is 81.9 Å². The third-order valence-electron chi connectivity index (χ3n) is 4.26. The van der Waals surface area contributed by atoms with Gasteiger partial charge in [0.1, 0.15) is 5.82 Å². The first-order chi connectivity index (χ1) is 13.6. The van der Waals surface area contributed by atoms with Crippen molar-refractivity contribution in [1.82, 2.24) is 20.2 Å². The summed E-state index contributed by atoms with van der Waals surface area (Å²) in [6, 6.07) is 12.0. The molecular formula is C19H16FN5O2S. The largest absolute Gasteiger partial charge is 0.380 e. The summed E-state index contributed by atoms with van der Waals surface area (Å²) in [4.78, 5) is 13.4. The molecule has 0 aliphatic heterocycles. The van der Waals surface area contributed by atoms with Crippen LogP contribution in [-0.4, -0.2) is 33.2 Å². The fourth-order valence-corrected chi connectivity index (χ4v) is 4.15. The molecule has 0 saturated heterocycles. The zero-order valence-corrected chi connectivity index (χ0v) is 16.0. The highest BCUT2D eigenvalue weighted by Crippen LogP contribution is 2.34. The number of aryl methyl sites for hydroxylation is 1. The normalized spacial score (nSPS) is 11.1. The number of tetrazole rings is 1. The number of anilines is 1. The number of hydrogen-bond acceptors (Lipinski definition) is 6. The van der Waals surface area contributed by atoms with Crippen LogP contribution in [0.15, 0.2) is 42.5 Å². The van der Waals surface area contributed by atoms with E-state index in [9.17, 15) is 9.18 Å². The monoisotopic (exact) mass is 397 g/mol. The minimum absolute atomic E-state index is 0.147. The van der Waals surface area contributed by atoms with Gasteiger partial charge >= 0.3 is 0 Å². The van der Waals surface area contributed by atoms with Crippen LogP contribution in [-0.2, 0) is 18.4 Å². The Morgan fingerprint density at radius 2 is 2.11 bits per heavy atom. The molecule has 0 aliphatic rings. The number of benzene rings is 2. The van der Waals surface area contributed by atoms with Gasteiger partial charge in [0.15, 0.2) is 5.82 Å². The van der Waals surface area contributed by atoms with Crippen molar-refractivity contribution in [2.24, 2.45) is 7.05 Å². The predicted octanol–water partition coefficient (Wildman–Crippen LogP) is 3.63. The Kier molecular flexibility index (Phi) is 4.84. The van der Waals surface area contributed by atoms with Gasteiger partial charge in [-0.1, -0.05) is 18.2 Å². The fraction of sp³-hybridized carbons (Fsp3) is 0.158. The summed E-state index contributed by atoms with van der Waals surface area (Å²) >= 11 is 1.24. The minimum atomic E-state index is -0.364. The van der Waals surface area contributed by atoms with Crippen molar-refractivity contribution < 1.29 is 13.9 Å². The molecule has 2 heterocycles. The SMILES string of the molecule is COCc1c(C(=O)Nc2cccc(-c3nnnn3C)c2)sc2cccc(F)c12. The maximum atomic E-state index is 14.3. The third kappa shape index (κ3) is 3.25. The second kappa shape index (κ2) is 7.45. The molecule has 4 rings (SSSR count). The molecule has 0 bridgehead atoms. The van der Waals surface area contributed by atoms with Crippen molar-refractivity contribution in [3.63, 3.8) is 0 Å². The average molecular weight is 397 g/mol. The standard InChI is InChI=1S/C19H16FN5O2S/c1-25-18(22-23-24-25)11-5-3-6-12(9-11)21-19(26)17-13(10-27-2)16-14(20)7-4-8-15(16)28-17/h3-9H,10H2,1-2H3,(H,21,26). The number of aromatic nitrogens is 4. The third-order valence-corrected chi connectivity index (χ3v) is 5.45. The lowest BCUT2D eigenvalue weighted by Crippen LogP contribution is -2.12. The van der Waals surface area contributed by atoms with Crippen LogP contribution in [0.25, 0.3) is 21.5 Å². The van der Waals surface area contributed by atoms with E-state index in [-0.39, 0.29) is 18.3 Å². The molecule has 1 N–H and O–H groups in total. The molecular weight excluding hydrogens is 381 g/mol. The molecule has 2 aromatic heterocycles. The number of rotatable bonds is 5.